The SMILES string of the molecule is N#CC1=C(N2C(=O)c3cccc4cccc(c34)C2=O)Oc2c(c(=O)oc3ccccc23)C1c1ccsc1. The van der Waals surface area contributed by atoms with Gasteiger partial charge in [-0.15, -0.1) is 0 Å². The molecule has 8 heteroatoms. The highest BCUT2D eigenvalue weighted by Crippen LogP contribution is 2.46. The molecular formula is C29H14N2O5S. The molecule has 37 heavy (non-hydrogen) atoms. The first-order chi connectivity index (χ1) is 18.1. The molecule has 0 saturated heterocycles. The van der Waals surface area contributed by atoms with Crippen molar-refractivity contribution in [3.8, 4) is 11.8 Å². The van der Waals surface area contributed by atoms with Crippen LogP contribution in [0.5, 0.6) is 5.75 Å². The summed E-state index contributed by atoms with van der Waals surface area (Å²) in [7, 11) is 0. The van der Waals surface area contributed by atoms with E-state index in [1.165, 1.54) is 11.3 Å². The van der Waals surface area contributed by atoms with Gasteiger partial charge >= 0.3 is 5.63 Å². The highest BCUT2D eigenvalue weighted by molar-refractivity contribution is 7.08. The van der Waals surface area contributed by atoms with Crippen LogP contribution in [0.15, 0.2) is 98.2 Å². The van der Waals surface area contributed by atoms with Gasteiger partial charge in [-0.25, -0.2) is 9.69 Å². The molecule has 0 radical (unpaired) electrons. The van der Waals surface area contributed by atoms with Crippen LogP contribution in [0.2, 0.25) is 0 Å². The van der Waals surface area contributed by atoms with Crippen LogP contribution in [-0.2, 0) is 0 Å². The lowest BCUT2D eigenvalue weighted by Gasteiger charge is -2.33. The molecule has 5 aromatic rings. The molecule has 0 saturated carbocycles. The van der Waals surface area contributed by atoms with Crippen LogP contribution in [0.1, 0.15) is 37.8 Å². The number of hydrogen-bond donors (Lipinski definition) is 0. The van der Waals surface area contributed by atoms with Gasteiger partial charge in [0.15, 0.2) is 5.75 Å². The van der Waals surface area contributed by atoms with E-state index in [1.54, 1.807) is 54.6 Å². The number of amides is 2. The number of benzene rings is 3. The molecule has 4 heterocycles. The van der Waals surface area contributed by atoms with Gasteiger partial charge in [0.2, 0.25) is 5.88 Å². The van der Waals surface area contributed by atoms with Crippen molar-refractivity contribution in [1.29, 1.82) is 5.26 Å². The summed E-state index contributed by atoms with van der Waals surface area (Å²) in [6.45, 7) is 0. The zero-order valence-electron chi connectivity index (χ0n) is 18.9. The molecule has 0 fully saturated rings. The maximum absolute atomic E-state index is 13.8. The number of para-hydroxylation sites is 1. The minimum absolute atomic E-state index is 0.0262. The second kappa shape index (κ2) is 7.75. The molecule has 0 spiro atoms. The fourth-order valence-corrected chi connectivity index (χ4v) is 5.87. The van der Waals surface area contributed by atoms with Crippen molar-refractivity contribution in [2.45, 2.75) is 5.92 Å². The Morgan fingerprint density at radius 1 is 0.892 bits per heavy atom. The molecule has 2 aliphatic heterocycles. The third-order valence-corrected chi connectivity index (χ3v) is 7.48. The van der Waals surface area contributed by atoms with Gasteiger partial charge in [0, 0.05) is 16.5 Å². The second-order valence-electron chi connectivity index (χ2n) is 8.71. The zero-order chi connectivity index (χ0) is 25.3. The summed E-state index contributed by atoms with van der Waals surface area (Å²) in [5, 5.41) is 15.8. The van der Waals surface area contributed by atoms with E-state index in [4.69, 9.17) is 9.15 Å². The van der Waals surface area contributed by atoms with E-state index < -0.39 is 23.4 Å². The Labute approximate surface area is 213 Å². The highest BCUT2D eigenvalue weighted by atomic mass is 32.1. The third kappa shape index (κ3) is 2.89. The van der Waals surface area contributed by atoms with Crippen LogP contribution in [0.3, 0.4) is 0 Å². The van der Waals surface area contributed by atoms with Crippen LogP contribution < -0.4 is 10.4 Å². The van der Waals surface area contributed by atoms with Crippen molar-refractivity contribution in [1.82, 2.24) is 4.90 Å². The smallest absolute Gasteiger partial charge is 0.344 e. The van der Waals surface area contributed by atoms with Gasteiger partial charge in [-0.2, -0.15) is 16.6 Å². The summed E-state index contributed by atoms with van der Waals surface area (Å²) in [5.41, 5.74) is 1.08. The summed E-state index contributed by atoms with van der Waals surface area (Å²) in [6, 6.07) is 21.2. The van der Waals surface area contributed by atoms with E-state index >= 15 is 0 Å². The molecule has 2 amide bonds. The van der Waals surface area contributed by atoms with Crippen LogP contribution in [0.25, 0.3) is 21.7 Å². The van der Waals surface area contributed by atoms with Gasteiger partial charge in [0.05, 0.1) is 16.9 Å². The quantitative estimate of drug-likeness (QED) is 0.231. The first-order valence-electron chi connectivity index (χ1n) is 11.4. The topological polar surface area (TPSA) is 101 Å². The first kappa shape index (κ1) is 21.3. The zero-order valence-corrected chi connectivity index (χ0v) is 19.7. The lowest BCUT2D eigenvalue weighted by molar-refractivity contribution is 0.0592. The van der Waals surface area contributed by atoms with Crippen LogP contribution >= 0.6 is 11.3 Å². The summed E-state index contributed by atoms with van der Waals surface area (Å²) in [5.74, 6) is -2.13. The van der Waals surface area contributed by atoms with E-state index in [1.807, 2.05) is 22.9 Å². The molecule has 0 bridgehead atoms. The second-order valence-corrected chi connectivity index (χ2v) is 9.49. The van der Waals surface area contributed by atoms with E-state index in [-0.39, 0.29) is 22.8 Å². The largest absolute Gasteiger partial charge is 0.438 e. The molecule has 1 unspecified atom stereocenters. The molecular weight excluding hydrogens is 488 g/mol. The van der Waals surface area contributed by atoms with Crippen molar-refractivity contribution < 1.29 is 18.7 Å². The van der Waals surface area contributed by atoms with E-state index in [2.05, 4.69) is 6.07 Å². The van der Waals surface area contributed by atoms with E-state index in [0.29, 0.717) is 33.0 Å². The minimum atomic E-state index is -0.885. The monoisotopic (exact) mass is 502 g/mol. The first-order valence-corrected chi connectivity index (χ1v) is 12.3. The van der Waals surface area contributed by atoms with Crippen molar-refractivity contribution in [3.63, 3.8) is 0 Å². The molecule has 1 atom stereocenters. The average Bonchev–Trinajstić information content (AvgIpc) is 3.46. The average molecular weight is 503 g/mol. The number of carbonyl (C=O) groups excluding carboxylic acids is 2. The number of allylic oxidation sites excluding steroid dienone is 1. The lowest BCUT2D eigenvalue weighted by Crippen LogP contribution is -2.43. The molecule has 0 aliphatic carbocycles. The Morgan fingerprint density at radius 2 is 1.62 bits per heavy atom. The Kier molecular flexibility index (Phi) is 4.46. The summed E-state index contributed by atoms with van der Waals surface area (Å²) in [6.07, 6.45) is 0. The number of rotatable bonds is 2. The van der Waals surface area contributed by atoms with E-state index in [9.17, 15) is 19.6 Å². The number of hydrogen-bond acceptors (Lipinski definition) is 7. The number of carbonyl (C=O) groups is 2. The predicted octanol–water partition coefficient (Wildman–Crippen LogP) is 5.56. The molecule has 176 valence electrons. The molecule has 2 aromatic heterocycles. The Morgan fingerprint density at radius 3 is 2.30 bits per heavy atom. The van der Waals surface area contributed by atoms with Crippen LogP contribution in [0.4, 0.5) is 0 Å². The maximum Gasteiger partial charge on any atom is 0.344 e. The maximum atomic E-state index is 13.8. The van der Waals surface area contributed by atoms with Gasteiger partial charge in [-0.3, -0.25) is 9.59 Å². The summed E-state index contributed by atoms with van der Waals surface area (Å²) >= 11 is 1.40. The number of fused-ring (bicyclic) bond motifs is 3. The minimum Gasteiger partial charge on any atom is -0.438 e. The van der Waals surface area contributed by atoms with Gasteiger partial charge < -0.3 is 9.15 Å². The standard InChI is InChI=1S/C29H14N2O5S/c30-13-20-23(16-11-12-37-14-16)24-25(17-7-1-2-10-21(17)35-29(24)34)36-28(20)31-26(32)18-8-3-5-15-6-4-9-19(22(15)18)27(31)33/h1-12,14,23H. The van der Waals surface area contributed by atoms with Crippen molar-refractivity contribution in [3.05, 3.63) is 122 Å². The molecule has 7 nitrogen and oxygen atoms in total. The van der Waals surface area contributed by atoms with Crippen molar-refractivity contribution in [2.75, 3.05) is 0 Å². The van der Waals surface area contributed by atoms with Gasteiger partial charge in [0.1, 0.15) is 17.2 Å². The lowest BCUT2D eigenvalue weighted by atomic mass is 9.84. The fraction of sp³-hybridized carbons (Fsp3) is 0.0345. The van der Waals surface area contributed by atoms with Crippen molar-refractivity contribution in [2.24, 2.45) is 0 Å². The molecule has 2 aliphatic rings. The summed E-state index contributed by atoms with van der Waals surface area (Å²) in [4.78, 5) is 41.8. The van der Waals surface area contributed by atoms with Crippen molar-refractivity contribution >= 4 is 44.9 Å². The summed E-state index contributed by atoms with van der Waals surface area (Å²) < 4.78 is 11.8. The number of imide groups is 1. The fourth-order valence-electron chi connectivity index (χ4n) is 5.18. The predicted molar refractivity (Wildman–Crippen MR) is 136 cm³/mol. The third-order valence-electron chi connectivity index (χ3n) is 6.78. The van der Waals surface area contributed by atoms with Gasteiger partial charge in [-0.05, 0) is 52.0 Å². The Balaban J connectivity index is 1.53. The van der Waals surface area contributed by atoms with Gasteiger partial charge in [-0.1, -0.05) is 36.4 Å². The number of nitrogens with zero attached hydrogens (tertiary/aromatic N) is 2. The molecule has 3 aromatic carbocycles. The normalized spacial score (nSPS) is 16.6. The molecule has 7 rings (SSSR count). The van der Waals surface area contributed by atoms with Gasteiger partial charge in [0.25, 0.3) is 11.8 Å². The van der Waals surface area contributed by atoms with E-state index in [0.717, 1.165) is 10.3 Å². The van der Waals surface area contributed by atoms with Crippen LogP contribution in [0, 0.1) is 11.3 Å². The molecule has 0 N–H and O–H groups in total. The highest BCUT2D eigenvalue weighted by Gasteiger charge is 2.44. The number of thiophene rings is 1. The van der Waals surface area contributed by atoms with Crippen LogP contribution in [-0.4, -0.2) is 16.7 Å². The Hall–Kier alpha value is -5.00. The Bertz CT molecular complexity index is 1890. The number of ether oxygens (including phenoxy) is 1. The number of nitriles is 1.